The minimum Gasteiger partial charge on any atom is -0.381 e. The van der Waals surface area contributed by atoms with Gasteiger partial charge in [0.25, 0.3) is 5.91 Å². The maximum Gasteiger partial charge on any atom is 0.261 e. The summed E-state index contributed by atoms with van der Waals surface area (Å²) in [4.78, 5) is 13.0. The van der Waals surface area contributed by atoms with Gasteiger partial charge >= 0.3 is 0 Å². The van der Waals surface area contributed by atoms with Crippen LogP contribution in [0.5, 0.6) is 0 Å². The highest BCUT2D eigenvalue weighted by molar-refractivity contribution is 7.20. The molecule has 1 aliphatic rings. The molecule has 0 atom stereocenters. The first kappa shape index (κ1) is 14.8. The van der Waals surface area contributed by atoms with Crippen LogP contribution in [0.2, 0.25) is 0 Å². The zero-order chi connectivity index (χ0) is 14.9. The number of rotatable bonds is 3. The van der Waals surface area contributed by atoms with Crippen LogP contribution in [0.1, 0.15) is 22.5 Å². The third kappa shape index (κ3) is 3.05. The lowest BCUT2D eigenvalue weighted by Gasteiger charge is -2.36. The Labute approximate surface area is 131 Å². The molecular weight excluding hydrogens is 313 g/mol. The number of amides is 1. The number of ether oxygens (including phenoxy) is 1. The topological polar surface area (TPSA) is 38.3 Å². The lowest BCUT2D eigenvalue weighted by molar-refractivity contribution is 0.0435. The predicted molar refractivity (Wildman–Crippen MR) is 82.8 cm³/mol. The molecule has 1 aliphatic heterocycles. The molecule has 2 heterocycles. The van der Waals surface area contributed by atoms with Crippen LogP contribution in [0, 0.1) is 5.82 Å². The van der Waals surface area contributed by atoms with Crippen LogP contribution in [0.3, 0.4) is 0 Å². The number of fused-ring (bicyclic) bond motifs is 1. The van der Waals surface area contributed by atoms with Crippen molar-refractivity contribution in [2.24, 2.45) is 0 Å². The Bertz CT molecular complexity index is 667. The van der Waals surface area contributed by atoms with Gasteiger partial charge in [-0.15, -0.1) is 22.9 Å². The molecule has 0 radical (unpaired) electrons. The van der Waals surface area contributed by atoms with Gasteiger partial charge < -0.3 is 10.1 Å². The highest BCUT2D eigenvalue weighted by Crippen LogP contribution is 2.28. The second-order valence-corrected chi connectivity index (χ2v) is 6.62. The number of carbonyl (C=O) groups excluding carboxylic acids is 1. The molecule has 1 fully saturated rings. The van der Waals surface area contributed by atoms with Crippen molar-refractivity contribution in [1.29, 1.82) is 0 Å². The summed E-state index contributed by atoms with van der Waals surface area (Å²) in [5, 5.41) is 3.91. The van der Waals surface area contributed by atoms with E-state index in [9.17, 15) is 9.18 Å². The van der Waals surface area contributed by atoms with Gasteiger partial charge in [-0.1, -0.05) is 6.07 Å². The van der Waals surface area contributed by atoms with E-state index in [0.717, 1.165) is 10.1 Å². The van der Waals surface area contributed by atoms with Crippen LogP contribution in [0.4, 0.5) is 4.39 Å². The summed E-state index contributed by atoms with van der Waals surface area (Å²) in [7, 11) is 0. The fourth-order valence-corrected chi connectivity index (χ4v) is 3.79. The van der Waals surface area contributed by atoms with E-state index >= 15 is 0 Å². The summed E-state index contributed by atoms with van der Waals surface area (Å²) >= 11 is 7.34. The smallest absolute Gasteiger partial charge is 0.261 e. The lowest BCUT2D eigenvalue weighted by Crippen LogP contribution is -2.53. The van der Waals surface area contributed by atoms with Crippen LogP contribution in [-0.2, 0) is 4.74 Å². The Balaban J connectivity index is 1.82. The van der Waals surface area contributed by atoms with Crippen LogP contribution >= 0.6 is 22.9 Å². The van der Waals surface area contributed by atoms with E-state index in [4.69, 9.17) is 16.3 Å². The quantitative estimate of drug-likeness (QED) is 0.875. The van der Waals surface area contributed by atoms with E-state index in [0.29, 0.717) is 36.8 Å². The summed E-state index contributed by atoms with van der Waals surface area (Å²) in [6.07, 6.45) is 1.42. The van der Waals surface area contributed by atoms with Gasteiger partial charge in [0.1, 0.15) is 5.82 Å². The molecule has 3 nitrogen and oxygen atoms in total. The van der Waals surface area contributed by atoms with E-state index in [1.165, 1.54) is 23.5 Å². The molecule has 6 heteroatoms. The molecule has 1 amide bonds. The summed E-state index contributed by atoms with van der Waals surface area (Å²) in [6.45, 7) is 1.20. The third-order valence-electron chi connectivity index (χ3n) is 3.79. The van der Waals surface area contributed by atoms with Crippen LogP contribution in [0.15, 0.2) is 24.3 Å². The van der Waals surface area contributed by atoms with Gasteiger partial charge in [0.05, 0.1) is 10.4 Å². The summed E-state index contributed by atoms with van der Waals surface area (Å²) in [5.41, 5.74) is -0.404. The number of alkyl halides is 1. The fraction of sp³-hybridized carbons (Fsp3) is 0.400. The van der Waals surface area contributed by atoms with Crippen molar-refractivity contribution >= 4 is 38.9 Å². The van der Waals surface area contributed by atoms with E-state index < -0.39 is 5.54 Å². The number of hydrogen-bond acceptors (Lipinski definition) is 3. The van der Waals surface area contributed by atoms with Crippen molar-refractivity contribution in [3.8, 4) is 0 Å². The summed E-state index contributed by atoms with van der Waals surface area (Å²) in [6, 6.07) is 6.32. The molecule has 2 aromatic rings. The molecule has 1 N–H and O–H groups in total. The molecule has 0 saturated carbocycles. The van der Waals surface area contributed by atoms with Gasteiger partial charge in [0.2, 0.25) is 0 Å². The van der Waals surface area contributed by atoms with E-state index in [1.807, 2.05) is 0 Å². The zero-order valence-electron chi connectivity index (χ0n) is 11.3. The number of thiophene rings is 1. The van der Waals surface area contributed by atoms with Crippen molar-refractivity contribution in [2.45, 2.75) is 18.4 Å². The predicted octanol–water partition coefficient (Wildman–Crippen LogP) is 3.56. The first-order valence-corrected chi connectivity index (χ1v) is 8.12. The van der Waals surface area contributed by atoms with E-state index in [1.54, 1.807) is 12.1 Å². The molecule has 21 heavy (non-hydrogen) atoms. The monoisotopic (exact) mass is 327 g/mol. The normalized spacial score (nSPS) is 17.8. The second kappa shape index (κ2) is 5.91. The maximum atomic E-state index is 13.2. The zero-order valence-corrected chi connectivity index (χ0v) is 12.9. The third-order valence-corrected chi connectivity index (χ3v) is 5.40. The minimum atomic E-state index is -0.404. The average molecular weight is 328 g/mol. The van der Waals surface area contributed by atoms with Crippen LogP contribution in [-0.4, -0.2) is 30.5 Å². The first-order valence-electron chi connectivity index (χ1n) is 6.77. The molecule has 0 bridgehead atoms. The molecule has 3 rings (SSSR count). The minimum absolute atomic E-state index is 0.154. The molecule has 1 aromatic heterocycles. The van der Waals surface area contributed by atoms with Crippen LogP contribution in [0.25, 0.3) is 10.1 Å². The second-order valence-electron chi connectivity index (χ2n) is 5.27. The highest BCUT2D eigenvalue weighted by atomic mass is 35.5. The number of halogens is 2. The number of nitrogens with one attached hydrogen (secondary N) is 1. The molecule has 0 unspecified atom stereocenters. The van der Waals surface area contributed by atoms with Crippen LogP contribution < -0.4 is 5.32 Å². The largest absolute Gasteiger partial charge is 0.381 e. The Kier molecular flexibility index (Phi) is 4.15. The van der Waals surface area contributed by atoms with Gasteiger partial charge in [-0.25, -0.2) is 4.39 Å². The fourth-order valence-electron chi connectivity index (χ4n) is 2.47. The molecule has 0 spiro atoms. The first-order chi connectivity index (χ1) is 10.1. The Morgan fingerprint density at radius 1 is 1.38 bits per heavy atom. The van der Waals surface area contributed by atoms with Gasteiger partial charge in [0.15, 0.2) is 0 Å². The Morgan fingerprint density at radius 3 is 2.86 bits per heavy atom. The van der Waals surface area contributed by atoms with Gasteiger partial charge in [-0.05, 0) is 36.4 Å². The van der Waals surface area contributed by atoms with E-state index in [-0.39, 0.29) is 11.7 Å². The van der Waals surface area contributed by atoms with Crippen molar-refractivity contribution in [3.63, 3.8) is 0 Å². The molecule has 112 valence electrons. The standard InChI is InChI=1S/C15H15ClFNO2S/c16-9-15(3-5-20-6-4-15)18-14(19)13-7-10-1-2-11(17)8-12(10)21-13/h1-2,7-8H,3-6,9H2,(H,18,19). The van der Waals surface area contributed by atoms with E-state index in [2.05, 4.69) is 5.32 Å². The number of benzene rings is 1. The Morgan fingerprint density at radius 2 is 2.14 bits per heavy atom. The molecular formula is C15H15ClFNO2S. The molecule has 0 aliphatic carbocycles. The van der Waals surface area contributed by atoms with Crippen molar-refractivity contribution in [1.82, 2.24) is 5.32 Å². The Hall–Kier alpha value is -1.17. The van der Waals surface area contributed by atoms with Crippen molar-refractivity contribution < 1.29 is 13.9 Å². The maximum absolute atomic E-state index is 13.2. The van der Waals surface area contributed by atoms with Gasteiger partial charge in [-0.2, -0.15) is 0 Å². The van der Waals surface area contributed by atoms with Gasteiger partial charge in [-0.3, -0.25) is 4.79 Å². The number of carbonyl (C=O) groups is 1. The molecule has 1 saturated heterocycles. The lowest BCUT2D eigenvalue weighted by atomic mass is 9.92. The SMILES string of the molecule is O=C(NC1(CCl)CCOCC1)c1cc2ccc(F)cc2s1. The summed E-state index contributed by atoms with van der Waals surface area (Å²) in [5.74, 6) is -0.0844. The van der Waals surface area contributed by atoms with Crippen molar-refractivity contribution in [3.05, 3.63) is 35.0 Å². The number of hydrogen-bond donors (Lipinski definition) is 1. The highest BCUT2D eigenvalue weighted by Gasteiger charge is 2.33. The van der Waals surface area contributed by atoms with Crippen molar-refractivity contribution in [2.75, 3.05) is 19.1 Å². The average Bonchev–Trinajstić information content (AvgIpc) is 2.91. The summed E-state index contributed by atoms with van der Waals surface area (Å²) < 4.78 is 19.3. The van der Waals surface area contributed by atoms with Gasteiger partial charge in [0, 0.05) is 23.8 Å². The molecule has 1 aromatic carbocycles.